The first-order chi connectivity index (χ1) is 12.1. The van der Waals surface area contributed by atoms with Crippen molar-refractivity contribution in [3.05, 3.63) is 68.8 Å². The number of nitrogens with zero attached hydrogens (tertiary/aromatic N) is 5. The Kier molecular flexibility index (Phi) is 4.50. The molecule has 25 heavy (non-hydrogen) atoms. The van der Waals surface area contributed by atoms with Crippen LogP contribution in [0.2, 0.25) is 0 Å². The first kappa shape index (κ1) is 16.3. The molecule has 0 saturated heterocycles. The van der Waals surface area contributed by atoms with Gasteiger partial charge in [0.1, 0.15) is 0 Å². The number of para-hydroxylation sites is 1. The summed E-state index contributed by atoms with van der Waals surface area (Å²) in [6, 6.07) is 9.26. The highest BCUT2D eigenvalue weighted by atomic mass is 16.2. The number of benzene rings is 1. The quantitative estimate of drug-likeness (QED) is 0.607. The molecule has 0 aliphatic heterocycles. The zero-order valence-electron chi connectivity index (χ0n) is 13.3. The second-order valence-electron chi connectivity index (χ2n) is 5.28. The molecule has 2 heterocycles. The normalized spacial score (nSPS) is 10.6. The molecule has 0 atom stereocenters. The molecular weight excluding hydrogens is 326 g/mol. The van der Waals surface area contributed by atoms with Gasteiger partial charge < -0.3 is 10.3 Å². The van der Waals surface area contributed by atoms with Crippen LogP contribution in [0.3, 0.4) is 0 Å². The number of hydrogen-bond donors (Lipinski definition) is 2. The first-order valence-corrected chi connectivity index (χ1v) is 7.43. The van der Waals surface area contributed by atoms with Gasteiger partial charge in [0, 0.05) is 18.8 Å². The lowest BCUT2D eigenvalue weighted by Gasteiger charge is -2.06. The third-order valence-electron chi connectivity index (χ3n) is 3.58. The minimum Gasteiger partial charge on any atom is -0.348 e. The maximum atomic E-state index is 12.1. The van der Waals surface area contributed by atoms with Crippen LogP contribution in [0.1, 0.15) is 11.4 Å². The van der Waals surface area contributed by atoms with Crippen molar-refractivity contribution < 1.29 is 4.79 Å². The second-order valence-corrected chi connectivity index (χ2v) is 5.28. The molecule has 1 aromatic carbocycles. The van der Waals surface area contributed by atoms with Gasteiger partial charge in [0.05, 0.1) is 18.7 Å². The Bertz CT molecular complexity index is 1000. The summed E-state index contributed by atoms with van der Waals surface area (Å²) in [4.78, 5) is 37.7. The molecule has 0 unspecified atom stereocenters. The number of aromatic amines is 1. The molecule has 0 aliphatic carbocycles. The number of aromatic nitrogens is 6. The van der Waals surface area contributed by atoms with Crippen molar-refractivity contribution in [3.63, 3.8) is 0 Å². The molecular formula is C15H15N7O3. The fourth-order valence-electron chi connectivity index (χ4n) is 2.24. The summed E-state index contributed by atoms with van der Waals surface area (Å²) >= 11 is 0. The van der Waals surface area contributed by atoms with Gasteiger partial charge in [-0.15, -0.1) is 5.10 Å². The summed E-state index contributed by atoms with van der Waals surface area (Å²) in [7, 11) is 1.34. The van der Waals surface area contributed by atoms with Gasteiger partial charge in [-0.2, -0.15) is 4.68 Å². The van der Waals surface area contributed by atoms with Crippen molar-refractivity contribution >= 4 is 5.91 Å². The molecule has 10 heteroatoms. The summed E-state index contributed by atoms with van der Waals surface area (Å²) in [6.45, 7) is 0.102. The average Bonchev–Trinajstić information content (AvgIpc) is 3.10. The Morgan fingerprint density at radius 3 is 2.76 bits per heavy atom. The van der Waals surface area contributed by atoms with Crippen LogP contribution in [-0.2, 0) is 24.8 Å². The van der Waals surface area contributed by atoms with Crippen LogP contribution >= 0.6 is 0 Å². The van der Waals surface area contributed by atoms with Crippen molar-refractivity contribution in [2.24, 2.45) is 7.05 Å². The average molecular weight is 341 g/mol. The molecule has 2 aromatic heterocycles. The van der Waals surface area contributed by atoms with Gasteiger partial charge in [0.15, 0.2) is 5.82 Å². The molecule has 0 aliphatic rings. The zero-order valence-corrected chi connectivity index (χ0v) is 13.3. The second kappa shape index (κ2) is 6.91. The van der Waals surface area contributed by atoms with Crippen molar-refractivity contribution in [1.29, 1.82) is 0 Å². The lowest BCUT2D eigenvalue weighted by atomic mass is 10.2. The Balaban J connectivity index is 1.68. The first-order valence-electron chi connectivity index (χ1n) is 7.43. The molecule has 0 fully saturated rings. The Morgan fingerprint density at radius 2 is 2.00 bits per heavy atom. The standard InChI is InChI=1S/C15H15N7O3/c1-21-14(24)10(8-17-15(21)25)7-13(23)16-9-12-18-19-20-22(12)11-5-3-2-4-6-11/h2-6,8H,7,9H2,1H3,(H,16,23)(H,17,25). The van der Waals surface area contributed by atoms with Gasteiger partial charge in [0.2, 0.25) is 5.91 Å². The van der Waals surface area contributed by atoms with Crippen LogP contribution in [0.5, 0.6) is 0 Å². The van der Waals surface area contributed by atoms with E-state index in [9.17, 15) is 14.4 Å². The van der Waals surface area contributed by atoms with Crippen molar-refractivity contribution in [2.45, 2.75) is 13.0 Å². The van der Waals surface area contributed by atoms with Crippen LogP contribution in [-0.4, -0.2) is 35.7 Å². The maximum Gasteiger partial charge on any atom is 0.328 e. The van der Waals surface area contributed by atoms with E-state index in [1.165, 1.54) is 17.9 Å². The van der Waals surface area contributed by atoms with Crippen LogP contribution in [0.25, 0.3) is 5.69 Å². The highest BCUT2D eigenvalue weighted by Crippen LogP contribution is 2.06. The molecule has 3 rings (SSSR count). The molecule has 0 radical (unpaired) electrons. The number of carbonyl (C=O) groups excluding carboxylic acids is 1. The molecule has 0 spiro atoms. The van der Waals surface area contributed by atoms with Gasteiger partial charge in [-0.1, -0.05) is 18.2 Å². The largest absolute Gasteiger partial charge is 0.348 e. The molecule has 0 saturated carbocycles. The van der Waals surface area contributed by atoms with Gasteiger partial charge in [-0.25, -0.2) is 4.79 Å². The lowest BCUT2D eigenvalue weighted by molar-refractivity contribution is -0.120. The number of amides is 1. The fraction of sp³-hybridized carbons (Fsp3) is 0.200. The maximum absolute atomic E-state index is 12.1. The summed E-state index contributed by atoms with van der Waals surface area (Å²) in [5, 5.41) is 14.1. The Labute approximate surface area is 141 Å². The monoisotopic (exact) mass is 341 g/mol. The van der Waals surface area contributed by atoms with E-state index < -0.39 is 11.2 Å². The minimum absolute atomic E-state index is 0.102. The number of tetrazole rings is 1. The van der Waals surface area contributed by atoms with Crippen molar-refractivity contribution in [1.82, 2.24) is 35.1 Å². The van der Waals surface area contributed by atoms with E-state index in [0.717, 1.165) is 10.3 Å². The van der Waals surface area contributed by atoms with E-state index in [1.54, 1.807) is 0 Å². The summed E-state index contributed by atoms with van der Waals surface area (Å²) in [5.41, 5.74) is -0.0716. The third kappa shape index (κ3) is 3.52. The molecule has 3 aromatic rings. The predicted octanol–water partition coefficient (Wildman–Crippen LogP) is -1.09. The Morgan fingerprint density at radius 1 is 1.24 bits per heavy atom. The van der Waals surface area contributed by atoms with Crippen molar-refractivity contribution in [3.8, 4) is 5.69 Å². The summed E-state index contributed by atoms with van der Waals surface area (Å²) < 4.78 is 2.43. The van der Waals surface area contributed by atoms with E-state index in [4.69, 9.17) is 0 Å². The predicted molar refractivity (Wildman–Crippen MR) is 87.0 cm³/mol. The van der Waals surface area contributed by atoms with E-state index >= 15 is 0 Å². The van der Waals surface area contributed by atoms with Crippen LogP contribution in [0.4, 0.5) is 0 Å². The number of hydrogen-bond acceptors (Lipinski definition) is 6. The third-order valence-corrected chi connectivity index (χ3v) is 3.58. The van der Waals surface area contributed by atoms with E-state index in [1.807, 2.05) is 30.3 Å². The minimum atomic E-state index is -0.531. The molecule has 1 amide bonds. The number of carbonyl (C=O) groups is 1. The van der Waals surface area contributed by atoms with E-state index in [2.05, 4.69) is 25.8 Å². The van der Waals surface area contributed by atoms with Crippen molar-refractivity contribution in [2.75, 3.05) is 0 Å². The summed E-state index contributed by atoms with van der Waals surface area (Å²) in [5.74, 6) is 0.0701. The zero-order chi connectivity index (χ0) is 17.8. The molecule has 10 nitrogen and oxygen atoms in total. The molecule has 2 N–H and O–H groups in total. The Hall–Kier alpha value is -3.56. The topological polar surface area (TPSA) is 128 Å². The van der Waals surface area contributed by atoms with Crippen LogP contribution in [0, 0.1) is 0 Å². The van der Waals surface area contributed by atoms with Crippen LogP contribution in [0.15, 0.2) is 46.1 Å². The van der Waals surface area contributed by atoms with Gasteiger partial charge in [-0.05, 0) is 22.6 Å². The van der Waals surface area contributed by atoms with E-state index in [0.29, 0.717) is 5.82 Å². The highest BCUT2D eigenvalue weighted by molar-refractivity contribution is 5.78. The van der Waals surface area contributed by atoms with Gasteiger partial charge in [0.25, 0.3) is 5.56 Å². The smallest absolute Gasteiger partial charge is 0.328 e. The summed E-state index contributed by atoms with van der Waals surface area (Å²) in [6.07, 6.45) is 1.09. The molecule has 128 valence electrons. The van der Waals surface area contributed by atoms with Crippen LogP contribution < -0.4 is 16.6 Å². The molecule has 0 bridgehead atoms. The fourth-order valence-corrected chi connectivity index (χ4v) is 2.24. The lowest BCUT2D eigenvalue weighted by Crippen LogP contribution is -2.36. The highest BCUT2D eigenvalue weighted by Gasteiger charge is 2.12. The van der Waals surface area contributed by atoms with Gasteiger partial charge in [-0.3, -0.25) is 14.2 Å². The SMILES string of the molecule is Cn1c(=O)[nH]cc(CC(=O)NCc2nnnn2-c2ccccc2)c1=O. The number of H-pyrrole nitrogens is 1. The van der Waals surface area contributed by atoms with E-state index in [-0.39, 0.29) is 24.4 Å². The van der Waals surface area contributed by atoms with Gasteiger partial charge >= 0.3 is 5.69 Å². The number of nitrogens with one attached hydrogen (secondary N) is 2. The number of rotatable bonds is 5.